The number of carbonyl (C=O) groups is 1. The Morgan fingerprint density at radius 1 is 1.44 bits per heavy atom. The zero-order valence-electron chi connectivity index (χ0n) is 15.4. The number of halogens is 2. The van der Waals surface area contributed by atoms with Gasteiger partial charge in [0.15, 0.2) is 0 Å². The Kier molecular flexibility index (Phi) is 5.96. The first-order valence-corrected chi connectivity index (χ1v) is 9.28. The lowest BCUT2D eigenvalue weighted by Crippen LogP contribution is -2.37. The van der Waals surface area contributed by atoms with E-state index in [4.69, 9.17) is 11.6 Å². The highest BCUT2D eigenvalue weighted by molar-refractivity contribution is 6.31. The van der Waals surface area contributed by atoms with Gasteiger partial charge in [-0.1, -0.05) is 17.7 Å². The maximum absolute atomic E-state index is 13.2. The number of aromatic nitrogens is 3. The van der Waals surface area contributed by atoms with Crippen molar-refractivity contribution in [2.45, 2.75) is 31.8 Å². The van der Waals surface area contributed by atoms with Crippen molar-refractivity contribution in [1.82, 2.24) is 24.6 Å². The summed E-state index contributed by atoms with van der Waals surface area (Å²) in [5.74, 6) is -0.519. The smallest absolute Gasteiger partial charge is 0.346 e. The maximum Gasteiger partial charge on any atom is 0.346 e. The average Bonchev–Trinajstić information content (AvgIpc) is 2.93. The molecule has 9 heteroatoms. The lowest BCUT2D eigenvalue weighted by atomic mass is 9.98. The molecule has 0 spiro atoms. The van der Waals surface area contributed by atoms with Crippen LogP contribution in [0.5, 0.6) is 0 Å². The third kappa shape index (κ3) is 4.39. The molecule has 1 aromatic heterocycles. The third-order valence-electron chi connectivity index (χ3n) is 4.65. The molecule has 0 fully saturated rings. The fourth-order valence-electron chi connectivity index (χ4n) is 3.20. The van der Waals surface area contributed by atoms with Crippen LogP contribution in [0.15, 0.2) is 23.0 Å². The number of hydrogen-bond acceptors (Lipinski definition) is 4. The lowest BCUT2D eigenvalue weighted by Gasteiger charge is -2.21. The molecule has 2 heterocycles. The standard InChI is InChI=1S/C18H23ClFN5O2/c1-23(2)9-7-21-17(26)14-4-3-8-24-16(14)22-25(18(24)27)11-12-5-6-13(20)10-15(12)19/h5-6,10,14H,3-4,7-9,11H2,1-2H3,(H,21,26). The van der Waals surface area contributed by atoms with E-state index in [1.807, 2.05) is 19.0 Å². The van der Waals surface area contributed by atoms with Crippen molar-refractivity contribution in [1.29, 1.82) is 0 Å². The Morgan fingerprint density at radius 3 is 2.93 bits per heavy atom. The zero-order valence-corrected chi connectivity index (χ0v) is 16.2. The van der Waals surface area contributed by atoms with Gasteiger partial charge < -0.3 is 10.2 Å². The van der Waals surface area contributed by atoms with Gasteiger partial charge in [0, 0.05) is 24.7 Å². The number of nitrogens with one attached hydrogen (secondary N) is 1. The second-order valence-corrected chi connectivity index (χ2v) is 7.38. The van der Waals surface area contributed by atoms with Crippen LogP contribution in [-0.2, 0) is 17.9 Å². The van der Waals surface area contributed by atoms with Gasteiger partial charge in [-0.25, -0.2) is 13.9 Å². The van der Waals surface area contributed by atoms with Crippen molar-refractivity contribution >= 4 is 17.5 Å². The average molecular weight is 396 g/mol. The van der Waals surface area contributed by atoms with Gasteiger partial charge >= 0.3 is 5.69 Å². The summed E-state index contributed by atoms with van der Waals surface area (Å²) in [6.45, 7) is 1.95. The quantitative estimate of drug-likeness (QED) is 0.803. The Labute approximate surface area is 161 Å². The van der Waals surface area contributed by atoms with Crippen molar-refractivity contribution < 1.29 is 9.18 Å². The van der Waals surface area contributed by atoms with Crippen LogP contribution in [0.3, 0.4) is 0 Å². The van der Waals surface area contributed by atoms with Gasteiger partial charge in [0.2, 0.25) is 5.91 Å². The molecule has 0 aliphatic carbocycles. The van der Waals surface area contributed by atoms with Crippen LogP contribution in [0.25, 0.3) is 0 Å². The Balaban J connectivity index is 1.81. The second-order valence-electron chi connectivity index (χ2n) is 6.97. The number of hydrogen-bond donors (Lipinski definition) is 1. The fourth-order valence-corrected chi connectivity index (χ4v) is 3.42. The summed E-state index contributed by atoms with van der Waals surface area (Å²) in [6, 6.07) is 4.04. The van der Waals surface area contributed by atoms with E-state index in [0.29, 0.717) is 30.9 Å². The highest BCUT2D eigenvalue weighted by Crippen LogP contribution is 2.25. The van der Waals surface area contributed by atoms with Crippen LogP contribution in [-0.4, -0.2) is 52.3 Å². The molecule has 0 bridgehead atoms. The molecule has 1 atom stereocenters. The summed E-state index contributed by atoms with van der Waals surface area (Å²) in [5.41, 5.74) is 0.318. The predicted molar refractivity (Wildman–Crippen MR) is 101 cm³/mol. The highest BCUT2D eigenvalue weighted by Gasteiger charge is 2.31. The molecule has 1 aromatic carbocycles. The predicted octanol–water partition coefficient (Wildman–Crippen LogP) is 1.44. The van der Waals surface area contributed by atoms with E-state index in [0.717, 1.165) is 13.0 Å². The topological polar surface area (TPSA) is 72.2 Å². The number of fused-ring (bicyclic) bond motifs is 1. The molecule has 27 heavy (non-hydrogen) atoms. The number of benzene rings is 1. The highest BCUT2D eigenvalue weighted by atomic mass is 35.5. The molecule has 1 amide bonds. The Bertz CT molecular complexity index is 892. The van der Waals surface area contributed by atoms with E-state index in [1.165, 1.54) is 22.9 Å². The number of likely N-dealkylation sites (N-methyl/N-ethyl adjacent to an activating group) is 1. The van der Waals surface area contributed by atoms with Gasteiger partial charge in [-0.15, -0.1) is 0 Å². The van der Waals surface area contributed by atoms with Gasteiger partial charge in [-0.2, -0.15) is 5.10 Å². The second kappa shape index (κ2) is 8.22. The molecule has 3 rings (SSSR count). The maximum atomic E-state index is 13.2. The molecule has 1 aliphatic rings. The van der Waals surface area contributed by atoms with Crippen LogP contribution >= 0.6 is 11.6 Å². The van der Waals surface area contributed by atoms with Gasteiger partial charge in [0.25, 0.3) is 0 Å². The molecule has 2 aromatic rings. The van der Waals surface area contributed by atoms with Crippen molar-refractivity contribution in [3.05, 3.63) is 50.9 Å². The normalized spacial score (nSPS) is 16.4. The summed E-state index contributed by atoms with van der Waals surface area (Å²) in [4.78, 5) is 27.2. The van der Waals surface area contributed by atoms with Crippen molar-refractivity contribution in [2.24, 2.45) is 0 Å². The SMILES string of the molecule is CN(C)CCNC(=O)C1CCCn2c1nn(Cc1ccc(F)cc1Cl)c2=O. The molecule has 1 unspecified atom stereocenters. The zero-order chi connectivity index (χ0) is 19.6. The summed E-state index contributed by atoms with van der Waals surface area (Å²) < 4.78 is 16.1. The van der Waals surface area contributed by atoms with Gasteiger partial charge in [0.1, 0.15) is 11.6 Å². The first-order valence-electron chi connectivity index (χ1n) is 8.90. The number of amides is 1. The van der Waals surface area contributed by atoms with Crippen molar-refractivity contribution in [2.75, 3.05) is 27.2 Å². The van der Waals surface area contributed by atoms with Crippen LogP contribution in [0, 0.1) is 5.82 Å². The summed E-state index contributed by atoms with van der Waals surface area (Å²) in [5, 5.41) is 7.55. The number of carbonyl (C=O) groups excluding carboxylic acids is 1. The van der Waals surface area contributed by atoms with E-state index in [1.54, 1.807) is 4.57 Å². The molecular weight excluding hydrogens is 373 g/mol. The number of rotatable bonds is 6. The molecule has 1 aliphatic heterocycles. The molecular formula is C18H23ClFN5O2. The minimum absolute atomic E-state index is 0.116. The van der Waals surface area contributed by atoms with Crippen LogP contribution in [0.2, 0.25) is 5.02 Å². The fraction of sp³-hybridized carbons (Fsp3) is 0.500. The largest absolute Gasteiger partial charge is 0.354 e. The van der Waals surface area contributed by atoms with Crippen LogP contribution in [0.4, 0.5) is 4.39 Å². The lowest BCUT2D eigenvalue weighted by molar-refractivity contribution is -0.123. The van der Waals surface area contributed by atoms with Gasteiger partial charge in [-0.3, -0.25) is 9.36 Å². The van der Waals surface area contributed by atoms with Gasteiger partial charge in [-0.05, 0) is 44.6 Å². The van der Waals surface area contributed by atoms with E-state index in [9.17, 15) is 14.0 Å². The monoisotopic (exact) mass is 395 g/mol. The summed E-state index contributed by atoms with van der Waals surface area (Å²) >= 11 is 6.06. The minimum atomic E-state index is -0.446. The minimum Gasteiger partial charge on any atom is -0.354 e. The van der Waals surface area contributed by atoms with Crippen LogP contribution < -0.4 is 11.0 Å². The Hall–Kier alpha value is -2.19. The molecule has 0 radical (unpaired) electrons. The van der Waals surface area contributed by atoms with E-state index >= 15 is 0 Å². The summed E-state index contributed by atoms with van der Waals surface area (Å²) in [7, 11) is 3.87. The molecule has 7 nitrogen and oxygen atoms in total. The van der Waals surface area contributed by atoms with Crippen molar-refractivity contribution in [3.8, 4) is 0 Å². The van der Waals surface area contributed by atoms with Crippen molar-refractivity contribution in [3.63, 3.8) is 0 Å². The molecule has 146 valence electrons. The van der Waals surface area contributed by atoms with E-state index in [2.05, 4.69) is 10.4 Å². The van der Waals surface area contributed by atoms with E-state index in [-0.39, 0.29) is 23.2 Å². The van der Waals surface area contributed by atoms with Crippen LogP contribution in [0.1, 0.15) is 30.1 Å². The van der Waals surface area contributed by atoms with E-state index < -0.39 is 11.7 Å². The first kappa shape index (κ1) is 19.6. The third-order valence-corrected chi connectivity index (χ3v) is 5.00. The molecule has 0 saturated heterocycles. The Morgan fingerprint density at radius 2 is 2.22 bits per heavy atom. The molecule has 0 saturated carbocycles. The summed E-state index contributed by atoms with van der Waals surface area (Å²) in [6.07, 6.45) is 1.39. The number of nitrogens with zero attached hydrogens (tertiary/aromatic N) is 4. The first-order chi connectivity index (χ1) is 12.9. The van der Waals surface area contributed by atoms with Gasteiger partial charge in [0.05, 0.1) is 12.5 Å². The molecule has 1 N–H and O–H groups in total.